The van der Waals surface area contributed by atoms with E-state index in [-0.39, 0.29) is 5.75 Å². The van der Waals surface area contributed by atoms with Crippen LogP contribution in [-0.4, -0.2) is 19.7 Å². The number of rotatable bonds is 4. The number of halogens is 2. The van der Waals surface area contributed by atoms with Crippen molar-refractivity contribution in [2.24, 2.45) is 0 Å². The molecule has 0 atom stereocenters. The third-order valence-corrected chi connectivity index (χ3v) is 2.51. The SMILES string of the molecule is CCOC(=O)/C=C/c1cc(F)c(OC)c(Br)c1. The third kappa shape index (κ3) is 3.85. The van der Waals surface area contributed by atoms with E-state index in [4.69, 9.17) is 9.47 Å². The first-order valence-electron chi connectivity index (χ1n) is 4.96. The lowest BCUT2D eigenvalue weighted by Crippen LogP contribution is -1.98. The smallest absolute Gasteiger partial charge is 0.330 e. The maximum absolute atomic E-state index is 13.5. The first-order chi connectivity index (χ1) is 8.08. The summed E-state index contributed by atoms with van der Waals surface area (Å²) in [7, 11) is 1.39. The fourth-order valence-corrected chi connectivity index (χ4v) is 1.84. The summed E-state index contributed by atoms with van der Waals surface area (Å²) in [5.41, 5.74) is 0.545. The molecule has 0 N–H and O–H groups in total. The van der Waals surface area contributed by atoms with E-state index < -0.39 is 11.8 Å². The van der Waals surface area contributed by atoms with Crippen molar-refractivity contribution in [1.82, 2.24) is 0 Å². The van der Waals surface area contributed by atoms with Crippen molar-refractivity contribution in [2.45, 2.75) is 6.92 Å². The minimum atomic E-state index is -0.495. The molecule has 0 aromatic heterocycles. The van der Waals surface area contributed by atoms with Crippen LogP contribution in [0, 0.1) is 5.82 Å². The summed E-state index contributed by atoms with van der Waals surface area (Å²) in [6.45, 7) is 2.03. The van der Waals surface area contributed by atoms with Crippen molar-refractivity contribution in [3.8, 4) is 5.75 Å². The fourth-order valence-electron chi connectivity index (χ4n) is 1.23. The number of carbonyl (C=O) groups excluding carboxylic acids is 1. The van der Waals surface area contributed by atoms with Crippen LogP contribution in [0.5, 0.6) is 5.75 Å². The van der Waals surface area contributed by atoms with Crippen molar-refractivity contribution in [1.29, 1.82) is 0 Å². The third-order valence-electron chi connectivity index (χ3n) is 1.92. The van der Waals surface area contributed by atoms with Gasteiger partial charge in [0.2, 0.25) is 0 Å². The molecule has 0 saturated heterocycles. The van der Waals surface area contributed by atoms with Gasteiger partial charge in [0.25, 0.3) is 0 Å². The van der Waals surface area contributed by atoms with Gasteiger partial charge in [-0.25, -0.2) is 9.18 Å². The summed E-state index contributed by atoms with van der Waals surface area (Å²) in [5, 5.41) is 0. The second kappa shape index (κ2) is 6.39. The summed E-state index contributed by atoms with van der Waals surface area (Å²) >= 11 is 3.18. The highest BCUT2D eigenvalue weighted by atomic mass is 79.9. The van der Waals surface area contributed by atoms with Gasteiger partial charge in [0.1, 0.15) is 0 Å². The van der Waals surface area contributed by atoms with Gasteiger partial charge in [-0.05, 0) is 46.6 Å². The molecule has 0 spiro atoms. The largest absolute Gasteiger partial charge is 0.492 e. The molecule has 5 heteroatoms. The number of ether oxygens (including phenoxy) is 2. The van der Waals surface area contributed by atoms with Crippen molar-refractivity contribution < 1.29 is 18.7 Å². The maximum atomic E-state index is 13.5. The first-order valence-corrected chi connectivity index (χ1v) is 5.75. The Bertz CT molecular complexity index is 420. The Balaban J connectivity index is 2.90. The Labute approximate surface area is 107 Å². The van der Waals surface area contributed by atoms with Gasteiger partial charge < -0.3 is 9.47 Å². The van der Waals surface area contributed by atoms with Gasteiger partial charge >= 0.3 is 5.97 Å². The number of methoxy groups -OCH3 is 1. The second-order valence-corrected chi connectivity index (χ2v) is 3.96. The predicted molar refractivity (Wildman–Crippen MR) is 66.3 cm³/mol. The molecule has 0 aliphatic rings. The van der Waals surface area contributed by atoms with Crippen molar-refractivity contribution in [2.75, 3.05) is 13.7 Å². The van der Waals surface area contributed by atoms with E-state index in [9.17, 15) is 9.18 Å². The number of hydrogen-bond donors (Lipinski definition) is 0. The fraction of sp³-hybridized carbons (Fsp3) is 0.250. The van der Waals surface area contributed by atoms with Crippen LogP contribution in [0.1, 0.15) is 12.5 Å². The van der Waals surface area contributed by atoms with E-state index in [1.807, 2.05) is 0 Å². The highest BCUT2D eigenvalue weighted by Gasteiger charge is 2.08. The van der Waals surface area contributed by atoms with Crippen LogP contribution in [0.3, 0.4) is 0 Å². The Morgan fingerprint density at radius 1 is 1.53 bits per heavy atom. The second-order valence-electron chi connectivity index (χ2n) is 3.10. The van der Waals surface area contributed by atoms with Gasteiger partial charge in [-0.3, -0.25) is 0 Å². The summed E-state index contributed by atoms with van der Waals surface area (Å²) < 4.78 is 23.5. The van der Waals surface area contributed by atoms with Crippen LogP contribution in [0.2, 0.25) is 0 Å². The molecule has 1 aromatic rings. The van der Waals surface area contributed by atoms with Crippen LogP contribution in [0.25, 0.3) is 6.08 Å². The Morgan fingerprint density at radius 2 is 2.24 bits per heavy atom. The van der Waals surface area contributed by atoms with E-state index in [1.54, 1.807) is 13.0 Å². The monoisotopic (exact) mass is 302 g/mol. The minimum Gasteiger partial charge on any atom is -0.492 e. The average molecular weight is 303 g/mol. The molecule has 0 heterocycles. The van der Waals surface area contributed by atoms with Crippen LogP contribution >= 0.6 is 15.9 Å². The van der Waals surface area contributed by atoms with Crippen LogP contribution in [0.15, 0.2) is 22.7 Å². The van der Waals surface area contributed by atoms with Gasteiger partial charge in [0.15, 0.2) is 11.6 Å². The zero-order valence-corrected chi connectivity index (χ0v) is 11.1. The lowest BCUT2D eigenvalue weighted by Gasteiger charge is -2.05. The first kappa shape index (κ1) is 13.7. The van der Waals surface area contributed by atoms with Gasteiger partial charge in [0, 0.05) is 6.08 Å². The molecule has 17 heavy (non-hydrogen) atoms. The summed E-state index contributed by atoms with van der Waals surface area (Å²) in [5.74, 6) is -0.816. The van der Waals surface area contributed by atoms with Crippen molar-refractivity contribution >= 4 is 28.0 Å². The summed E-state index contributed by atoms with van der Waals surface area (Å²) in [6.07, 6.45) is 2.72. The predicted octanol–water partition coefficient (Wildman–Crippen LogP) is 3.17. The number of benzene rings is 1. The molecule has 0 unspecified atom stereocenters. The van der Waals surface area contributed by atoms with Gasteiger partial charge in [-0.1, -0.05) is 0 Å². The zero-order valence-electron chi connectivity index (χ0n) is 9.50. The van der Waals surface area contributed by atoms with Crippen LogP contribution in [0.4, 0.5) is 4.39 Å². The maximum Gasteiger partial charge on any atom is 0.330 e. The van der Waals surface area contributed by atoms with E-state index in [0.29, 0.717) is 16.6 Å². The lowest BCUT2D eigenvalue weighted by molar-refractivity contribution is -0.137. The van der Waals surface area contributed by atoms with Gasteiger partial charge in [0.05, 0.1) is 18.2 Å². The molecule has 0 bridgehead atoms. The number of carbonyl (C=O) groups is 1. The standard InChI is InChI=1S/C12H12BrFO3/c1-3-17-11(15)5-4-8-6-9(13)12(16-2)10(14)7-8/h4-7H,3H2,1-2H3/b5-4+. The van der Waals surface area contributed by atoms with Crippen LogP contribution < -0.4 is 4.74 Å². The molecular formula is C12H12BrFO3. The normalized spacial score (nSPS) is 10.6. The van der Waals surface area contributed by atoms with E-state index in [2.05, 4.69) is 15.9 Å². The molecule has 0 radical (unpaired) electrons. The topological polar surface area (TPSA) is 35.5 Å². The molecule has 92 valence electrons. The molecule has 1 aromatic carbocycles. The highest BCUT2D eigenvalue weighted by molar-refractivity contribution is 9.10. The zero-order chi connectivity index (χ0) is 12.8. The molecule has 1 rings (SSSR count). The number of esters is 1. The highest BCUT2D eigenvalue weighted by Crippen LogP contribution is 2.29. The summed E-state index contributed by atoms with van der Waals surface area (Å²) in [6, 6.07) is 2.93. The Kier molecular flexibility index (Phi) is 5.15. The van der Waals surface area contributed by atoms with E-state index >= 15 is 0 Å². The molecule has 0 aliphatic carbocycles. The van der Waals surface area contributed by atoms with Crippen molar-refractivity contribution in [3.63, 3.8) is 0 Å². The Hall–Kier alpha value is -1.36. The molecule has 0 fully saturated rings. The van der Waals surface area contributed by atoms with Gasteiger partial charge in [-0.15, -0.1) is 0 Å². The van der Waals surface area contributed by atoms with Crippen molar-refractivity contribution in [3.05, 3.63) is 34.1 Å². The van der Waals surface area contributed by atoms with E-state index in [1.165, 1.54) is 25.3 Å². The molecule has 0 amide bonds. The van der Waals surface area contributed by atoms with Gasteiger partial charge in [-0.2, -0.15) is 0 Å². The quantitative estimate of drug-likeness (QED) is 0.633. The minimum absolute atomic E-state index is 0.137. The number of hydrogen-bond acceptors (Lipinski definition) is 3. The van der Waals surface area contributed by atoms with E-state index in [0.717, 1.165) is 0 Å². The molecular weight excluding hydrogens is 291 g/mol. The molecule has 3 nitrogen and oxygen atoms in total. The lowest BCUT2D eigenvalue weighted by atomic mass is 10.2. The average Bonchev–Trinajstić information content (AvgIpc) is 2.26. The van der Waals surface area contributed by atoms with Crippen LogP contribution in [-0.2, 0) is 9.53 Å². The molecule has 0 aliphatic heterocycles. The Morgan fingerprint density at radius 3 is 2.76 bits per heavy atom. The molecule has 0 saturated carbocycles. The summed E-state index contributed by atoms with van der Waals surface area (Å²) in [4.78, 5) is 11.1.